The number of thiophene rings is 1. The molecule has 2 aromatic heterocycles. The Balaban J connectivity index is 1.42. The summed E-state index contributed by atoms with van der Waals surface area (Å²) in [7, 11) is 0. The van der Waals surface area contributed by atoms with Crippen LogP contribution >= 0.6 is 11.3 Å². The second-order valence-corrected chi connectivity index (χ2v) is 7.85. The topological polar surface area (TPSA) is 79.5 Å². The first kappa shape index (κ1) is 17.3. The largest absolute Gasteiger partial charge is 0.488 e. The summed E-state index contributed by atoms with van der Waals surface area (Å²) in [6.45, 7) is 2.95. The van der Waals surface area contributed by atoms with Gasteiger partial charge in [-0.15, -0.1) is 11.3 Å². The monoisotopic (exact) mass is 396 g/mol. The van der Waals surface area contributed by atoms with E-state index in [1.165, 1.54) is 11.3 Å². The number of hydrogen-bond donors (Lipinski definition) is 2. The number of nitrogens with one attached hydrogen (secondary N) is 2. The fourth-order valence-corrected chi connectivity index (χ4v) is 4.83. The Morgan fingerprint density at radius 2 is 2.18 bits per heavy atom. The summed E-state index contributed by atoms with van der Waals surface area (Å²) in [4.78, 5) is 16.6. The molecule has 0 spiro atoms. The Hall–Kier alpha value is -2.84. The smallest absolute Gasteiger partial charge is 0.263 e. The number of ether oxygens (including phenoxy) is 2. The molecule has 0 saturated carbocycles. The summed E-state index contributed by atoms with van der Waals surface area (Å²) in [5.74, 6) is 0.717. The molecular weight excluding hydrogens is 376 g/mol. The molecule has 8 heteroatoms. The first-order chi connectivity index (χ1) is 13.8. The van der Waals surface area contributed by atoms with Crippen LogP contribution in [0.1, 0.15) is 15.2 Å². The lowest BCUT2D eigenvalue weighted by Crippen LogP contribution is -2.47. The second kappa shape index (κ2) is 7.29. The zero-order chi connectivity index (χ0) is 18.9. The average Bonchev–Trinajstić information content (AvgIpc) is 3.36. The maximum atomic E-state index is 12.7. The Morgan fingerprint density at radius 3 is 3.00 bits per heavy atom. The average molecular weight is 396 g/mol. The molecule has 2 N–H and O–H groups in total. The molecule has 4 heterocycles. The molecule has 0 fully saturated rings. The highest BCUT2D eigenvalue weighted by Crippen LogP contribution is 2.50. The highest BCUT2D eigenvalue weighted by Gasteiger charge is 2.37. The lowest BCUT2D eigenvalue weighted by molar-refractivity contribution is 0.0921. The summed E-state index contributed by atoms with van der Waals surface area (Å²) in [5.41, 5.74) is 2.96. The van der Waals surface area contributed by atoms with E-state index in [2.05, 4.69) is 32.5 Å². The Labute approximate surface area is 166 Å². The third-order valence-electron chi connectivity index (χ3n) is 5.03. The van der Waals surface area contributed by atoms with Crippen molar-refractivity contribution in [3.63, 3.8) is 0 Å². The van der Waals surface area contributed by atoms with Crippen molar-refractivity contribution < 1.29 is 14.3 Å². The van der Waals surface area contributed by atoms with E-state index in [9.17, 15) is 4.79 Å². The van der Waals surface area contributed by atoms with Gasteiger partial charge in [-0.3, -0.25) is 9.89 Å². The number of nitrogens with zero attached hydrogens (tertiary/aromatic N) is 2. The van der Waals surface area contributed by atoms with Gasteiger partial charge in [-0.05, 0) is 5.56 Å². The van der Waals surface area contributed by atoms with Crippen LogP contribution < -0.4 is 15.0 Å². The van der Waals surface area contributed by atoms with Crippen molar-refractivity contribution in [1.29, 1.82) is 0 Å². The van der Waals surface area contributed by atoms with E-state index in [1.807, 2.05) is 24.4 Å². The number of carbonyl (C=O) groups is 1. The molecule has 0 saturated heterocycles. The highest BCUT2D eigenvalue weighted by molar-refractivity contribution is 7.18. The van der Waals surface area contributed by atoms with Gasteiger partial charge in [0.2, 0.25) is 0 Å². The zero-order valence-electron chi connectivity index (χ0n) is 15.2. The van der Waals surface area contributed by atoms with Crippen LogP contribution in [0.5, 0.6) is 5.75 Å². The van der Waals surface area contributed by atoms with Crippen molar-refractivity contribution >= 4 is 22.9 Å². The SMILES string of the molecule is O=C1NC[C@@H](COCc2ccccc2)N2CCOc3c(-c4cn[nH]c4)sc1c32. The summed E-state index contributed by atoms with van der Waals surface area (Å²) in [6.07, 6.45) is 3.57. The lowest BCUT2D eigenvalue weighted by atomic mass is 10.1. The fraction of sp³-hybridized carbons (Fsp3) is 0.300. The summed E-state index contributed by atoms with van der Waals surface area (Å²) < 4.78 is 12.0. The molecule has 0 aliphatic carbocycles. The van der Waals surface area contributed by atoms with Crippen LogP contribution in [-0.2, 0) is 11.3 Å². The number of aromatic nitrogens is 2. The number of benzene rings is 1. The highest BCUT2D eigenvalue weighted by atomic mass is 32.1. The molecule has 3 aromatic rings. The van der Waals surface area contributed by atoms with Gasteiger partial charge in [-0.25, -0.2) is 0 Å². The first-order valence-electron chi connectivity index (χ1n) is 9.26. The summed E-state index contributed by atoms with van der Waals surface area (Å²) >= 11 is 1.45. The fourth-order valence-electron chi connectivity index (χ4n) is 3.68. The van der Waals surface area contributed by atoms with Gasteiger partial charge in [0.05, 0.1) is 36.9 Å². The van der Waals surface area contributed by atoms with Gasteiger partial charge in [-0.2, -0.15) is 5.10 Å². The number of anilines is 1. The molecule has 1 amide bonds. The van der Waals surface area contributed by atoms with E-state index < -0.39 is 0 Å². The first-order valence-corrected chi connectivity index (χ1v) is 10.1. The molecule has 144 valence electrons. The van der Waals surface area contributed by atoms with Crippen LogP contribution in [0, 0.1) is 0 Å². The number of carbonyl (C=O) groups excluding carboxylic acids is 1. The Morgan fingerprint density at radius 1 is 1.29 bits per heavy atom. The minimum Gasteiger partial charge on any atom is -0.488 e. The molecule has 0 unspecified atom stereocenters. The molecule has 7 nitrogen and oxygen atoms in total. The van der Waals surface area contributed by atoms with Gasteiger partial charge in [0, 0.05) is 18.3 Å². The summed E-state index contributed by atoms with van der Waals surface area (Å²) in [5, 5.41) is 9.91. The van der Waals surface area contributed by atoms with Gasteiger partial charge in [0.1, 0.15) is 17.2 Å². The number of aromatic amines is 1. The number of rotatable bonds is 5. The van der Waals surface area contributed by atoms with E-state index in [-0.39, 0.29) is 11.9 Å². The van der Waals surface area contributed by atoms with Crippen LogP contribution in [0.15, 0.2) is 42.7 Å². The van der Waals surface area contributed by atoms with E-state index in [4.69, 9.17) is 9.47 Å². The molecule has 2 aliphatic heterocycles. The van der Waals surface area contributed by atoms with Crippen molar-refractivity contribution in [2.75, 3.05) is 31.2 Å². The zero-order valence-corrected chi connectivity index (χ0v) is 16.0. The number of amides is 1. The van der Waals surface area contributed by atoms with Crippen LogP contribution in [0.25, 0.3) is 10.4 Å². The van der Waals surface area contributed by atoms with Crippen molar-refractivity contribution in [1.82, 2.24) is 15.5 Å². The van der Waals surface area contributed by atoms with Crippen molar-refractivity contribution in [2.45, 2.75) is 12.6 Å². The standard InChI is InChI=1S/C20H20N4O3S/c25-20-19-16-17(18(28-19)14-8-22-23-9-14)27-7-6-24(16)15(10-21-20)12-26-11-13-4-2-1-3-5-13/h1-5,8-9,15H,6-7,10-12H2,(H,21,25)(H,22,23)/t15-/m0/s1. The molecule has 1 atom stereocenters. The maximum absolute atomic E-state index is 12.7. The third-order valence-corrected chi connectivity index (χ3v) is 6.24. The van der Waals surface area contributed by atoms with E-state index in [0.29, 0.717) is 31.2 Å². The van der Waals surface area contributed by atoms with E-state index in [0.717, 1.165) is 34.0 Å². The van der Waals surface area contributed by atoms with Crippen molar-refractivity contribution in [3.8, 4) is 16.2 Å². The third kappa shape index (κ3) is 3.04. The van der Waals surface area contributed by atoms with Crippen molar-refractivity contribution in [3.05, 3.63) is 53.2 Å². The minimum absolute atomic E-state index is 0.0583. The van der Waals surface area contributed by atoms with Gasteiger partial charge in [0.15, 0.2) is 5.75 Å². The van der Waals surface area contributed by atoms with Gasteiger partial charge in [-0.1, -0.05) is 30.3 Å². The van der Waals surface area contributed by atoms with Gasteiger partial charge >= 0.3 is 0 Å². The predicted molar refractivity (Wildman–Crippen MR) is 107 cm³/mol. The molecule has 5 rings (SSSR count). The predicted octanol–water partition coefficient (Wildman–Crippen LogP) is 2.67. The Kier molecular flexibility index (Phi) is 4.50. The van der Waals surface area contributed by atoms with Crippen LogP contribution in [0.4, 0.5) is 5.69 Å². The molecule has 0 radical (unpaired) electrons. The lowest BCUT2D eigenvalue weighted by Gasteiger charge is -2.35. The summed E-state index contributed by atoms with van der Waals surface area (Å²) in [6, 6.07) is 10.2. The van der Waals surface area contributed by atoms with Crippen LogP contribution in [0.2, 0.25) is 0 Å². The number of hydrogen-bond acceptors (Lipinski definition) is 6. The van der Waals surface area contributed by atoms with Crippen molar-refractivity contribution in [2.24, 2.45) is 0 Å². The number of H-pyrrole nitrogens is 1. The molecular formula is C20H20N4O3S. The maximum Gasteiger partial charge on any atom is 0.263 e. The molecule has 28 heavy (non-hydrogen) atoms. The molecule has 0 bridgehead atoms. The van der Waals surface area contributed by atoms with Gasteiger partial charge in [0.25, 0.3) is 5.91 Å². The van der Waals surface area contributed by atoms with E-state index in [1.54, 1.807) is 6.20 Å². The quantitative estimate of drug-likeness (QED) is 0.693. The Bertz CT molecular complexity index is 971. The molecule has 2 aliphatic rings. The molecule has 1 aromatic carbocycles. The van der Waals surface area contributed by atoms with Crippen LogP contribution in [-0.4, -0.2) is 48.4 Å². The minimum atomic E-state index is -0.0583. The normalized spacial score (nSPS) is 18.2. The second-order valence-electron chi connectivity index (χ2n) is 6.83. The van der Waals surface area contributed by atoms with E-state index >= 15 is 0 Å². The van der Waals surface area contributed by atoms with Gasteiger partial charge < -0.3 is 19.7 Å². The van der Waals surface area contributed by atoms with Crippen LogP contribution in [0.3, 0.4) is 0 Å².